The predicted octanol–water partition coefficient (Wildman–Crippen LogP) is 11.4. The molecule has 3 atom stereocenters. The van der Waals surface area contributed by atoms with Gasteiger partial charge in [0.05, 0.1) is 34.4 Å². The van der Waals surface area contributed by atoms with E-state index in [2.05, 4.69) is 13.8 Å². The van der Waals surface area contributed by atoms with Gasteiger partial charge >= 0.3 is 7.82 Å². The molecule has 0 aromatic carbocycles. The van der Waals surface area contributed by atoms with Gasteiger partial charge < -0.3 is 18.9 Å². The maximum Gasteiger partial charge on any atom is 0.472 e. The number of phosphoric ester groups is 1. The van der Waals surface area contributed by atoms with Gasteiger partial charge in [-0.2, -0.15) is 0 Å². The third-order valence-electron chi connectivity index (χ3n) is 8.71. The van der Waals surface area contributed by atoms with Crippen molar-refractivity contribution >= 4 is 7.82 Å². The van der Waals surface area contributed by atoms with E-state index in [1.54, 1.807) is 0 Å². The summed E-state index contributed by atoms with van der Waals surface area (Å²) in [4.78, 5) is 10.4. The molecule has 0 bridgehead atoms. The van der Waals surface area contributed by atoms with Crippen molar-refractivity contribution < 1.29 is 32.5 Å². The number of ether oxygens (including phenoxy) is 2. The summed E-state index contributed by atoms with van der Waals surface area (Å²) in [6, 6.07) is 0. The summed E-state index contributed by atoms with van der Waals surface area (Å²) in [7, 11) is 1.94. The third-order valence-corrected chi connectivity index (χ3v) is 9.75. The van der Waals surface area contributed by atoms with Gasteiger partial charge in [-0.3, -0.25) is 9.05 Å². The van der Waals surface area contributed by atoms with E-state index in [1.807, 2.05) is 28.1 Å². The Morgan fingerprint density at radius 2 is 0.935 bits per heavy atom. The van der Waals surface area contributed by atoms with Gasteiger partial charge in [-0.05, 0) is 19.3 Å². The highest BCUT2D eigenvalue weighted by atomic mass is 31.2. The zero-order chi connectivity index (χ0) is 34.2. The minimum atomic E-state index is -4.20. The molecule has 0 aliphatic heterocycles. The predicted molar refractivity (Wildman–Crippen MR) is 197 cm³/mol. The van der Waals surface area contributed by atoms with Crippen LogP contribution in [-0.4, -0.2) is 75.7 Å². The molecule has 0 saturated heterocycles. The zero-order valence-electron chi connectivity index (χ0n) is 31.8. The highest BCUT2D eigenvalue weighted by Gasteiger charge is 2.30. The molecule has 0 aromatic rings. The molecule has 0 aliphatic rings. The smallest absolute Gasteiger partial charge is 0.379 e. The van der Waals surface area contributed by atoms with Crippen molar-refractivity contribution in [3.05, 3.63) is 0 Å². The van der Waals surface area contributed by atoms with E-state index < -0.39 is 7.82 Å². The molecule has 7 nitrogen and oxygen atoms in total. The molecular weight excluding hydrogens is 597 g/mol. The minimum Gasteiger partial charge on any atom is -0.379 e. The minimum absolute atomic E-state index is 0.00864. The van der Waals surface area contributed by atoms with E-state index in [0.29, 0.717) is 37.3 Å². The standard InChI is InChI=1S/C38H80NO6P/c1-7-10-12-14-16-18-20-22-24-26-28-30-32-42-35-38(36-44-46(40,41)45-37(9-3)34-39(4,5)6)43-33-31-29-27-25-23-21-19-17-15-13-11-8-2/h37-38H,7-36H2,1-6H3/p+1/t37?,38-/m1/s1. The van der Waals surface area contributed by atoms with Gasteiger partial charge in [0.25, 0.3) is 0 Å². The van der Waals surface area contributed by atoms with E-state index in [-0.39, 0.29) is 18.8 Å². The third kappa shape index (κ3) is 33.9. The van der Waals surface area contributed by atoms with Gasteiger partial charge in [-0.15, -0.1) is 0 Å². The Hall–Kier alpha value is -0.0100. The summed E-state index contributed by atoms with van der Waals surface area (Å²) in [5.41, 5.74) is 0. The lowest BCUT2D eigenvalue weighted by atomic mass is 10.1. The lowest BCUT2D eigenvalue weighted by molar-refractivity contribution is -0.873. The Morgan fingerprint density at radius 1 is 0.543 bits per heavy atom. The molecule has 0 fully saturated rings. The van der Waals surface area contributed by atoms with Crippen molar-refractivity contribution in [2.24, 2.45) is 0 Å². The first kappa shape index (κ1) is 46.0. The fourth-order valence-electron chi connectivity index (χ4n) is 5.84. The molecule has 1 N–H and O–H groups in total. The van der Waals surface area contributed by atoms with Gasteiger partial charge in [0.2, 0.25) is 0 Å². The highest BCUT2D eigenvalue weighted by molar-refractivity contribution is 7.47. The Bertz CT molecular complexity index is 674. The van der Waals surface area contributed by atoms with Crippen molar-refractivity contribution in [2.75, 3.05) is 54.1 Å². The SMILES string of the molecule is CCCCCCCCCCCCCCOC[C@H](COP(=O)(O)OC(CC)C[N+](C)(C)C)OCCCCCCCCCCCCCC. The van der Waals surface area contributed by atoms with Crippen LogP contribution in [0.1, 0.15) is 181 Å². The molecule has 0 rings (SSSR count). The summed E-state index contributed by atoms with van der Waals surface area (Å²) in [5.74, 6) is 0. The number of likely N-dealkylation sites (N-methyl/N-ethyl adjacent to an activating group) is 1. The maximum atomic E-state index is 12.8. The van der Waals surface area contributed by atoms with Crippen LogP contribution in [0.15, 0.2) is 0 Å². The Balaban J connectivity index is 4.32. The Kier molecular flexibility index (Phi) is 32.2. The van der Waals surface area contributed by atoms with Gasteiger partial charge in [0.1, 0.15) is 18.8 Å². The topological polar surface area (TPSA) is 74.2 Å². The summed E-state index contributed by atoms with van der Waals surface area (Å²) in [6.45, 7) is 8.79. The van der Waals surface area contributed by atoms with Crippen molar-refractivity contribution in [2.45, 2.75) is 193 Å². The first-order valence-corrected chi connectivity index (χ1v) is 21.3. The lowest BCUT2D eigenvalue weighted by Gasteiger charge is -2.29. The van der Waals surface area contributed by atoms with Crippen LogP contribution in [0, 0.1) is 0 Å². The molecule has 0 spiro atoms. The summed E-state index contributed by atoms with van der Waals surface area (Å²) in [5, 5.41) is 0. The van der Waals surface area contributed by atoms with Crippen LogP contribution >= 0.6 is 7.82 Å². The molecule has 0 radical (unpaired) electrons. The first-order chi connectivity index (χ1) is 22.1. The lowest BCUT2D eigenvalue weighted by Crippen LogP contribution is -2.42. The monoisotopic (exact) mass is 679 g/mol. The summed E-state index contributed by atoms with van der Waals surface area (Å²) < 4.78 is 36.5. The largest absolute Gasteiger partial charge is 0.472 e. The normalized spacial score (nSPS) is 14.8. The number of rotatable bonds is 37. The first-order valence-electron chi connectivity index (χ1n) is 19.8. The number of hydrogen-bond donors (Lipinski definition) is 1. The average molecular weight is 679 g/mol. The number of quaternary nitrogens is 1. The molecule has 0 aliphatic carbocycles. The maximum absolute atomic E-state index is 12.8. The molecule has 0 saturated carbocycles. The van der Waals surface area contributed by atoms with E-state index in [1.165, 1.54) is 135 Å². The fourth-order valence-corrected chi connectivity index (χ4v) is 6.85. The number of unbranched alkanes of at least 4 members (excludes halogenated alkanes) is 22. The van der Waals surface area contributed by atoms with Gasteiger partial charge in [0, 0.05) is 13.2 Å². The number of phosphoric acid groups is 1. The van der Waals surface area contributed by atoms with E-state index in [9.17, 15) is 9.46 Å². The van der Waals surface area contributed by atoms with Gasteiger partial charge in [-0.25, -0.2) is 4.57 Å². The molecule has 0 heterocycles. The Morgan fingerprint density at radius 3 is 1.33 bits per heavy atom. The Labute approximate surface area is 287 Å². The van der Waals surface area contributed by atoms with Crippen LogP contribution in [0.2, 0.25) is 0 Å². The second kappa shape index (κ2) is 32.2. The second-order valence-corrected chi connectivity index (χ2v) is 16.1. The summed E-state index contributed by atoms with van der Waals surface area (Å²) in [6.07, 6.45) is 31.3. The summed E-state index contributed by atoms with van der Waals surface area (Å²) >= 11 is 0. The van der Waals surface area contributed by atoms with Crippen LogP contribution in [0.4, 0.5) is 0 Å². The molecule has 2 unspecified atom stereocenters. The van der Waals surface area contributed by atoms with Crippen LogP contribution in [0.25, 0.3) is 0 Å². The molecule has 46 heavy (non-hydrogen) atoms. The van der Waals surface area contributed by atoms with E-state index in [0.717, 1.165) is 19.3 Å². The quantitative estimate of drug-likeness (QED) is 0.0400. The van der Waals surface area contributed by atoms with Crippen molar-refractivity contribution in [3.63, 3.8) is 0 Å². The van der Waals surface area contributed by atoms with E-state index in [4.69, 9.17) is 18.5 Å². The van der Waals surface area contributed by atoms with Crippen molar-refractivity contribution in [1.82, 2.24) is 0 Å². The van der Waals surface area contributed by atoms with Crippen molar-refractivity contribution in [3.8, 4) is 0 Å². The van der Waals surface area contributed by atoms with Crippen molar-refractivity contribution in [1.29, 1.82) is 0 Å². The zero-order valence-corrected chi connectivity index (χ0v) is 32.6. The van der Waals surface area contributed by atoms with Crippen LogP contribution in [0.3, 0.4) is 0 Å². The van der Waals surface area contributed by atoms with Gasteiger partial charge in [-0.1, -0.05) is 162 Å². The highest BCUT2D eigenvalue weighted by Crippen LogP contribution is 2.45. The molecule has 278 valence electrons. The number of hydrogen-bond acceptors (Lipinski definition) is 5. The van der Waals surface area contributed by atoms with Crippen LogP contribution < -0.4 is 0 Å². The molecular formula is C38H81NO6P+. The molecule has 0 amide bonds. The van der Waals surface area contributed by atoms with Gasteiger partial charge in [0.15, 0.2) is 0 Å². The number of nitrogens with zero attached hydrogens (tertiary/aromatic N) is 1. The molecule has 0 aromatic heterocycles. The van der Waals surface area contributed by atoms with Crippen LogP contribution in [0.5, 0.6) is 0 Å². The fraction of sp³-hybridized carbons (Fsp3) is 1.00. The molecule has 8 heteroatoms. The average Bonchev–Trinajstić information content (AvgIpc) is 3.00. The van der Waals surface area contributed by atoms with Crippen LogP contribution in [-0.2, 0) is 23.1 Å². The second-order valence-electron chi connectivity index (χ2n) is 14.7. The van der Waals surface area contributed by atoms with E-state index >= 15 is 0 Å².